The highest BCUT2D eigenvalue weighted by molar-refractivity contribution is 5.91. The lowest BCUT2D eigenvalue weighted by Crippen LogP contribution is -2.17. The molecule has 0 aliphatic heterocycles. The molecule has 0 aliphatic carbocycles. The Morgan fingerprint density at radius 3 is 2.57 bits per heavy atom. The van der Waals surface area contributed by atoms with Crippen LogP contribution in [0.2, 0.25) is 0 Å². The van der Waals surface area contributed by atoms with Gasteiger partial charge in [-0.1, -0.05) is 18.2 Å². The van der Waals surface area contributed by atoms with Crippen LogP contribution in [0.15, 0.2) is 52.9 Å². The summed E-state index contributed by atoms with van der Waals surface area (Å²) in [5, 5.41) is 4.41. The summed E-state index contributed by atoms with van der Waals surface area (Å²) in [6.45, 7) is 1.42. The molecule has 2 aromatic carbocycles. The third-order valence-corrected chi connectivity index (χ3v) is 4.74. The van der Waals surface area contributed by atoms with Gasteiger partial charge in [-0.25, -0.2) is 9.97 Å². The van der Waals surface area contributed by atoms with Crippen molar-refractivity contribution in [3.63, 3.8) is 0 Å². The molecule has 0 spiro atoms. The molecule has 0 amide bonds. The quantitative estimate of drug-likeness (QED) is 0.427. The lowest BCUT2D eigenvalue weighted by atomic mass is 10.1. The summed E-state index contributed by atoms with van der Waals surface area (Å²) in [6, 6.07) is 12.9. The van der Waals surface area contributed by atoms with Gasteiger partial charge in [0, 0.05) is 17.3 Å². The van der Waals surface area contributed by atoms with E-state index in [9.17, 15) is 13.2 Å². The maximum atomic E-state index is 13.2. The zero-order chi connectivity index (χ0) is 21.3. The van der Waals surface area contributed by atoms with Gasteiger partial charge in [-0.05, 0) is 57.4 Å². The van der Waals surface area contributed by atoms with Crippen LogP contribution in [0.25, 0.3) is 33.5 Å². The van der Waals surface area contributed by atoms with Crippen LogP contribution in [0.5, 0.6) is 0 Å². The number of nitrogens with zero attached hydrogens (tertiary/aromatic N) is 3. The predicted octanol–water partition coefficient (Wildman–Crippen LogP) is 5.43. The van der Waals surface area contributed by atoms with E-state index in [-0.39, 0.29) is 0 Å². The molecule has 2 aromatic heterocycles. The second kappa shape index (κ2) is 7.95. The summed E-state index contributed by atoms with van der Waals surface area (Å²) in [4.78, 5) is 11.0. The highest BCUT2D eigenvalue weighted by Crippen LogP contribution is 2.34. The maximum absolute atomic E-state index is 13.2. The Morgan fingerprint density at radius 2 is 1.83 bits per heavy atom. The Bertz CT molecular complexity index is 1150. The Balaban J connectivity index is 1.77. The van der Waals surface area contributed by atoms with Gasteiger partial charge in [0.2, 0.25) is 0 Å². The number of aromatic nitrogens is 2. The molecular weight excluding hydrogens is 393 g/mol. The molecule has 156 valence electrons. The Morgan fingerprint density at radius 1 is 1.03 bits per heavy atom. The highest BCUT2D eigenvalue weighted by Gasteiger charge is 2.31. The van der Waals surface area contributed by atoms with Gasteiger partial charge in [-0.3, -0.25) is 0 Å². The van der Waals surface area contributed by atoms with Crippen molar-refractivity contribution in [2.45, 2.75) is 12.6 Å². The van der Waals surface area contributed by atoms with E-state index >= 15 is 0 Å². The molecule has 0 radical (unpaired) electrons. The number of rotatable bonds is 6. The average Bonchev–Trinajstić information content (AvgIpc) is 3.14. The fourth-order valence-corrected chi connectivity index (χ4v) is 3.24. The van der Waals surface area contributed by atoms with Gasteiger partial charge in [-0.2, -0.15) is 13.2 Å². The molecule has 0 bridgehead atoms. The summed E-state index contributed by atoms with van der Waals surface area (Å²) in [7, 11) is 3.94. The van der Waals surface area contributed by atoms with Gasteiger partial charge in [0.1, 0.15) is 11.4 Å². The Hall–Kier alpha value is -3.13. The van der Waals surface area contributed by atoms with Crippen LogP contribution in [-0.4, -0.2) is 42.1 Å². The predicted molar refractivity (Wildman–Crippen MR) is 111 cm³/mol. The molecule has 8 heteroatoms. The van der Waals surface area contributed by atoms with Crippen molar-refractivity contribution in [1.29, 1.82) is 0 Å². The number of anilines is 1. The molecule has 0 fully saturated rings. The molecule has 1 N–H and O–H groups in total. The normalized spacial score (nSPS) is 12.2. The van der Waals surface area contributed by atoms with Crippen molar-refractivity contribution in [3.8, 4) is 11.6 Å². The van der Waals surface area contributed by atoms with Crippen LogP contribution < -0.4 is 5.32 Å². The molecule has 30 heavy (non-hydrogen) atoms. The standard InChI is InChI=1S/C22H21F3N4O/c1-29(2)11-5-10-26-20-16-13-15(22(23,24)25)8-9-17(16)27-21(28-20)19-12-14-6-3-4-7-18(14)30-19/h3-4,6-9,12-13H,5,10-11H2,1-2H3,(H,26,27,28). The van der Waals surface area contributed by atoms with E-state index in [1.807, 2.05) is 49.3 Å². The lowest BCUT2D eigenvalue weighted by molar-refractivity contribution is -0.137. The summed E-state index contributed by atoms with van der Waals surface area (Å²) in [5.41, 5.74) is 0.388. The zero-order valence-corrected chi connectivity index (χ0v) is 16.6. The van der Waals surface area contributed by atoms with Crippen molar-refractivity contribution in [1.82, 2.24) is 14.9 Å². The van der Waals surface area contributed by atoms with Crippen LogP contribution in [0.1, 0.15) is 12.0 Å². The fraction of sp³-hybridized carbons (Fsp3) is 0.273. The molecule has 0 atom stereocenters. The number of benzene rings is 2. The number of fused-ring (bicyclic) bond motifs is 2. The summed E-state index contributed by atoms with van der Waals surface area (Å²) >= 11 is 0. The third kappa shape index (κ3) is 4.23. The van der Waals surface area contributed by atoms with E-state index in [4.69, 9.17) is 4.42 Å². The summed E-state index contributed by atoms with van der Waals surface area (Å²) in [5.74, 6) is 1.16. The van der Waals surface area contributed by atoms with Gasteiger partial charge >= 0.3 is 6.18 Å². The number of nitrogens with one attached hydrogen (secondary N) is 1. The van der Waals surface area contributed by atoms with Gasteiger partial charge in [0.25, 0.3) is 0 Å². The van der Waals surface area contributed by atoms with Crippen molar-refractivity contribution in [2.75, 3.05) is 32.5 Å². The summed E-state index contributed by atoms with van der Waals surface area (Å²) < 4.78 is 45.5. The van der Waals surface area contributed by atoms with Crippen LogP contribution in [0.3, 0.4) is 0 Å². The van der Waals surface area contributed by atoms with Crippen molar-refractivity contribution in [3.05, 3.63) is 54.1 Å². The first kappa shape index (κ1) is 20.2. The number of alkyl halides is 3. The van der Waals surface area contributed by atoms with E-state index in [2.05, 4.69) is 15.3 Å². The maximum Gasteiger partial charge on any atom is 0.416 e. The first-order valence-electron chi connectivity index (χ1n) is 9.58. The van der Waals surface area contributed by atoms with E-state index < -0.39 is 11.7 Å². The highest BCUT2D eigenvalue weighted by atomic mass is 19.4. The molecule has 4 rings (SSSR count). The Labute approximate surface area is 171 Å². The van der Waals surface area contributed by atoms with Gasteiger partial charge < -0.3 is 14.6 Å². The average molecular weight is 414 g/mol. The molecule has 0 unspecified atom stereocenters. The SMILES string of the molecule is CN(C)CCCNc1nc(-c2cc3ccccc3o2)nc2ccc(C(F)(F)F)cc12. The van der Waals surface area contributed by atoms with E-state index in [1.54, 1.807) is 0 Å². The lowest BCUT2D eigenvalue weighted by Gasteiger charge is -2.14. The van der Waals surface area contributed by atoms with E-state index in [0.29, 0.717) is 40.4 Å². The number of halogens is 3. The molecule has 2 heterocycles. The molecular formula is C22H21F3N4O. The van der Waals surface area contributed by atoms with E-state index in [1.165, 1.54) is 6.07 Å². The van der Waals surface area contributed by atoms with Crippen molar-refractivity contribution >= 4 is 27.7 Å². The van der Waals surface area contributed by atoms with Crippen LogP contribution in [-0.2, 0) is 6.18 Å². The summed E-state index contributed by atoms with van der Waals surface area (Å²) in [6.07, 6.45) is -3.62. The fourth-order valence-electron chi connectivity index (χ4n) is 3.24. The minimum Gasteiger partial charge on any atom is -0.453 e. The molecule has 5 nitrogen and oxygen atoms in total. The van der Waals surface area contributed by atoms with Gasteiger partial charge in [0.05, 0.1) is 11.1 Å². The number of para-hydroxylation sites is 1. The van der Waals surface area contributed by atoms with Gasteiger partial charge in [0.15, 0.2) is 11.6 Å². The first-order valence-corrected chi connectivity index (χ1v) is 9.58. The topological polar surface area (TPSA) is 54.2 Å². The monoisotopic (exact) mass is 414 g/mol. The molecule has 0 saturated carbocycles. The third-order valence-electron chi connectivity index (χ3n) is 4.74. The van der Waals surface area contributed by atoms with E-state index in [0.717, 1.165) is 30.5 Å². The van der Waals surface area contributed by atoms with Crippen molar-refractivity contribution < 1.29 is 17.6 Å². The van der Waals surface area contributed by atoms with Crippen LogP contribution in [0, 0.1) is 0 Å². The minimum absolute atomic E-state index is 0.327. The van der Waals surface area contributed by atoms with Crippen LogP contribution in [0.4, 0.5) is 19.0 Å². The molecule has 4 aromatic rings. The number of furan rings is 1. The second-order valence-electron chi connectivity index (χ2n) is 7.36. The number of hydrogen-bond donors (Lipinski definition) is 1. The van der Waals surface area contributed by atoms with Crippen LogP contribution >= 0.6 is 0 Å². The minimum atomic E-state index is -4.44. The largest absolute Gasteiger partial charge is 0.453 e. The number of hydrogen-bond acceptors (Lipinski definition) is 5. The zero-order valence-electron chi connectivity index (χ0n) is 16.6. The van der Waals surface area contributed by atoms with Gasteiger partial charge in [-0.15, -0.1) is 0 Å². The Kier molecular flexibility index (Phi) is 5.34. The van der Waals surface area contributed by atoms with Crippen molar-refractivity contribution in [2.24, 2.45) is 0 Å². The molecule has 0 saturated heterocycles. The molecule has 0 aliphatic rings. The second-order valence-corrected chi connectivity index (χ2v) is 7.36. The smallest absolute Gasteiger partial charge is 0.416 e. The first-order chi connectivity index (χ1) is 14.3.